The van der Waals surface area contributed by atoms with E-state index in [0.29, 0.717) is 10.9 Å². The Morgan fingerprint density at radius 3 is 2.73 bits per heavy atom. The number of carbonyl (C=O) groups excluding carboxylic acids is 1. The van der Waals surface area contributed by atoms with Crippen molar-refractivity contribution in [3.63, 3.8) is 0 Å². The first kappa shape index (κ1) is 17.6. The first-order valence-corrected chi connectivity index (χ1v) is 9.60. The quantitative estimate of drug-likeness (QED) is 0.616. The number of carbonyl (C=O) groups is 1. The Hall–Kier alpha value is -0.710. The number of hydrogen-bond donors (Lipinski definition) is 3. The van der Waals surface area contributed by atoms with Gasteiger partial charge in [0.05, 0.1) is 10.9 Å². The van der Waals surface area contributed by atoms with E-state index in [1.54, 1.807) is 0 Å². The van der Waals surface area contributed by atoms with Gasteiger partial charge in [0.25, 0.3) is 10.0 Å². The molecule has 2 heterocycles. The highest BCUT2D eigenvalue weighted by atomic mass is 35.5. The summed E-state index contributed by atoms with van der Waals surface area (Å²) in [7, 11) is -3.68. The van der Waals surface area contributed by atoms with Gasteiger partial charge in [-0.25, -0.2) is 13.1 Å². The number of rotatable bonds is 7. The van der Waals surface area contributed by atoms with Gasteiger partial charge in [-0.15, -0.1) is 11.3 Å². The zero-order valence-corrected chi connectivity index (χ0v) is 14.4. The lowest BCUT2D eigenvalue weighted by Crippen LogP contribution is -2.47. The van der Waals surface area contributed by atoms with E-state index in [0.717, 1.165) is 44.1 Å². The molecule has 0 aliphatic carbocycles. The highest BCUT2D eigenvalue weighted by Gasteiger charge is 2.17. The van der Waals surface area contributed by atoms with E-state index >= 15 is 0 Å². The van der Waals surface area contributed by atoms with Crippen molar-refractivity contribution in [2.45, 2.75) is 4.21 Å². The van der Waals surface area contributed by atoms with Crippen LogP contribution in [0.5, 0.6) is 0 Å². The molecule has 1 aliphatic heterocycles. The number of amides is 1. The Kier molecular flexibility index (Phi) is 6.60. The lowest BCUT2D eigenvalue weighted by molar-refractivity contribution is -0.120. The largest absolute Gasteiger partial charge is 0.354 e. The highest BCUT2D eigenvalue weighted by molar-refractivity contribution is 7.91. The average Bonchev–Trinajstić information content (AvgIpc) is 2.94. The Morgan fingerprint density at radius 2 is 2.09 bits per heavy atom. The van der Waals surface area contributed by atoms with Crippen LogP contribution in [0.3, 0.4) is 0 Å². The summed E-state index contributed by atoms with van der Waals surface area (Å²) in [5, 5.41) is 5.96. The Morgan fingerprint density at radius 1 is 1.36 bits per heavy atom. The summed E-state index contributed by atoms with van der Waals surface area (Å²) in [5.41, 5.74) is 0. The second-order valence-corrected chi connectivity index (χ2v) is 8.53. The van der Waals surface area contributed by atoms with E-state index in [-0.39, 0.29) is 16.7 Å². The number of sulfonamides is 1. The minimum atomic E-state index is -3.68. The van der Waals surface area contributed by atoms with Crippen LogP contribution in [0.1, 0.15) is 0 Å². The maximum Gasteiger partial charge on any atom is 0.250 e. The van der Waals surface area contributed by atoms with Crippen molar-refractivity contribution in [1.82, 2.24) is 20.3 Å². The molecule has 1 aliphatic rings. The predicted molar refractivity (Wildman–Crippen MR) is 86.8 cm³/mol. The van der Waals surface area contributed by atoms with Crippen LogP contribution in [0.4, 0.5) is 0 Å². The minimum Gasteiger partial charge on any atom is -0.354 e. The Balaban J connectivity index is 1.68. The van der Waals surface area contributed by atoms with Crippen LogP contribution < -0.4 is 15.4 Å². The van der Waals surface area contributed by atoms with Gasteiger partial charge in [-0.1, -0.05) is 11.6 Å². The molecule has 0 saturated carbocycles. The molecule has 1 aromatic heterocycles. The normalized spacial score (nSPS) is 16.6. The first-order chi connectivity index (χ1) is 10.5. The SMILES string of the molecule is O=C(CNS(=O)(=O)c1ccc(Cl)s1)NCCN1CCNCC1. The van der Waals surface area contributed by atoms with Gasteiger partial charge in [0, 0.05) is 39.3 Å². The van der Waals surface area contributed by atoms with E-state index in [1.165, 1.54) is 12.1 Å². The molecule has 10 heteroatoms. The minimum absolute atomic E-state index is 0.103. The average molecular weight is 367 g/mol. The standard InChI is InChI=1S/C12H19ClN4O3S2/c13-10-1-2-12(21-10)22(19,20)16-9-11(18)15-5-8-17-6-3-14-4-7-17/h1-2,14,16H,3-9H2,(H,15,18). The van der Waals surface area contributed by atoms with Crippen LogP contribution in [0.15, 0.2) is 16.3 Å². The molecule has 7 nitrogen and oxygen atoms in total. The van der Waals surface area contributed by atoms with Crippen molar-refractivity contribution in [2.75, 3.05) is 45.8 Å². The van der Waals surface area contributed by atoms with Gasteiger partial charge >= 0.3 is 0 Å². The fraction of sp³-hybridized carbons (Fsp3) is 0.583. The van der Waals surface area contributed by atoms with Crippen molar-refractivity contribution < 1.29 is 13.2 Å². The van der Waals surface area contributed by atoms with Crippen LogP contribution in [-0.4, -0.2) is 65.0 Å². The molecule has 0 aromatic carbocycles. The summed E-state index contributed by atoms with van der Waals surface area (Å²) < 4.78 is 26.6. The molecule has 2 rings (SSSR count). The summed E-state index contributed by atoms with van der Waals surface area (Å²) >= 11 is 6.66. The zero-order chi connectivity index (χ0) is 16.0. The third kappa shape index (κ3) is 5.49. The van der Waals surface area contributed by atoms with Crippen LogP contribution in [-0.2, 0) is 14.8 Å². The van der Waals surface area contributed by atoms with Crippen LogP contribution in [0.25, 0.3) is 0 Å². The number of nitrogens with one attached hydrogen (secondary N) is 3. The molecular weight excluding hydrogens is 348 g/mol. The Labute approximate surface area is 139 Å². The molecule has 0 atom stereocenters. The van der Waals surface area contributed by atoms with Crippen molar-refractivity contribution in [1.29, 1.82) is 0 Å². The third-order valence-electron chi connectivity index (χ3n) is 3.20. The number of thiophene rings is 1. The summed E-state index contributed by atoms with van der Waals surface area (Å²) in [5.74, 6) is -0.346. The van der Waals surface area contributed by atoms with Gasteiger partial charge in [-0.05, 0) is 12.1 Å². The van der Waals surface area contributed by atoms with Crippen molar-refractivity contribution in [3.05, 3.63) is 16.5 Å². The van der Waals surface area contributed by atoms with Crippen LogP contribution >= 0.6 is 22.9 Å². The van der Waals surface area contributed by atoms with E-state index in [9.17, 15) is 13.2 Å². The van der Waals surface area contributed by atoms with Crippen LogP contribution in [0, 0.1) is 0 Å². The summed E-state index contributed by atoms with van der Waals surface area (Å²) in [6, 6.07) is 2.92. The summed E-state index contributed by atoms with van der Waals surface area (Å²) in [6.45, 7) is 4.82. The smallest absolute Gasteiger partial charge is 0.250 e. The number of nitrogens with zero attached hydrogens (tertiary/aromatic N) is 1. The lowest BCUT2D eigenvalue weighted by Gasteiger charge is -2.27. The van der Waals surface area contributed by atoms with Crippen molar-refractivity contribution in [3.8, 4) is 0 Å². The van der Waals surface area contributed by atoms with Gasteiger partial charge < -0.3 is 10.6 Å². The number of hydrogen-bond acceptors (Lipinski definition) is 6. The topological polar surface area (TPSA) is 90.5 Å². The monoisotopic (exact) mass is 366 g/mol. The molecule has 3 N–H and O–H groups in total. The highest BCUT2D eigenvalue weighted by Crippen LogP contribution is 2.25. The van der Waals surface area contributed by atoms with Gasteiger partial charge in [0.1, 0.15) is 4.21 Å². The van der Waals surface area contributed by atoms with Gasteiger partial charge in [0.15, 0.2) is 0 Å². The van der Waals surface area contributed by atoms with Gasteiger partial charge in [-0.2, -0.15) is 0 Å². The second-order valence-electron chi connectivity index (χ2n) is 4.82. The molecule has 0 radical (unpaired) electrons. The van der Waals surface area contributed by atoms with E-state index in [2.05, 4.69) is 20.3 Å². The van der Waals surface area contributed by atoms with Gasteiger partial charge in [-0.3, -0.25) is 9.69 Å². The molecule has 1 aromatic rings. The molecule has 0 bridgehead atoms. The van der Waals surface area contributed by atoms with Crippen LogP contribution in [0.2, 0.25) is 4.34 Å². The fourth-order valence-corrected chi connectivity index (χ4v) is 4.53. The molecule has 0 spiro atoms. The van der Waals surface area contributed by atoms with E-state index in [4.69, 9.17) is 11.6 Å². The fourth-order valence-electron chi connectivity index (χ4n) is 2.02. The predicted octanol–water partition coefficient (Wildman–Crippen LogP) is -0.299. The molecule has 1 saturated heterocycles. The van der Waals surface area contributed by atoms with Crippen molar-refractivity contribution >= 4 is 38.9 Å². The number of piperazine rings is 1. The lowest BCUT2D eigenvalue weighted by atomic mass is 10.3. The first-order valence-electron chi connectivity index (χ1n) is 6.92. The maximum absolute atomic E-state index is 11.9. The van der Waals surface area contributed by atoms with Crippen molar-refractivity contribution in [2.24, 2.45) is 0 Å². The van der Waals surface area contributed by atoms with Gasteiger partial charge in [0.2, 0.25) is 5.91 Å². The maximum atomic E-state index is 11.9. The molecule has 0 unspecified atom stereocenters. The third-order valence-corrected chi connectivity index (χ3v) is 6.32. The molecule has 124 valence electrons. The summed E-state index contributed by atoms with van der Waals surface area (Å²) in [6.07, 6.45) is 0. The van der Waals surface area contributed by atoms with E-state index < -0.39 is 10.0 Å². The molecule has 22 heavy (non-hydrogen) atoms. The Bertz CT molecular complexity index is 599. The second kappa shape index (κ2) is 8.23. The zero-order valence-electron chi connectivity index (χ0n) is 12.0. The molecule has 1 fully saturated rings. The van der Waals surface area contributed by atoms with E-state index in [1.807, 2.05) is 0 Å². The number of halogens is 1. The summed E-state index contributed by atoms with van der Waals surface area (Å²) in [4.78, 5) is 13.9. The molecular formula is C12H19ClN4O3S2. The molecule has 1 amide bonds.